The Bertz CT molecular complexity index is 985. The topological polar surface area (TPSA) is 105 Å². The van der Waals surface area contributed by atoms with Crippen LogP contribution in [-0.4, -0.2) is 37.5 Å². The van der Waals surface area contributed by atoms with E-state index in [9.17, 15) is 16.8 Å². The molecule has 1 aromatic rings. The molecule has 1 aromatic carbocycles. The van der Waals surface area contributed by atoms with Gasteiger partial charge in [-0.1, -0.05) is 67.3 Å². The van der Waals surface area contributed by atoms with Crippen molar-refractivity contribution in [3.05, 3.63) is 58.6 Å². The summed E-state index contributed by atoms with van der Waals surface area (Å²) >= 11 is 5.78. The maximum atomic E-state index is 12.4. The van der Waals surface area contributed by atoms with Crippen molar-refractivity contribution in [2.24, 2.45) is 5.92 Å². The molecule has 0 spiro atoms. The number of benzene rings is 1. The minimum atomic E-state index is -4.30. The Morgan fingerprint density at radius 3 is 2.14 bits per heavy atom. The van der Waals surface area contributed by atoms with E-state index in [1.54, 1.807) is 24.3 Å². The van der Waals surface area contributed by atoms with Crippen LogP contribution >= 0.6 is 11.6 Å². The first-order valence-electron chi connectivity index (χ1n) is 9.01. The lowest BCUT2D eigenvalue weighted by Gasteiger charge is -2.17. The van der Waals surface area contributed by atoms with Gasteiger partial charge in [0.2, 0.25) is 0 Å². The summed E-state index contributed by atoms with van der Waals surface area (Å²) in [6, 6.07) is 6.69. The molecule has 0 radical (unpaired) electrons. The lowest BCUT2D eigenvalue weighted by atomic mass is 9.89. The van der Waals surface area contributed by atoms with Gasteiger partial charge in [-0.3, -0.25) is 0 Å². The second-order valence-electron chi connectivity index (χ2n) is 6.71. The maximum absolute atomic E-state index is 12.4. The molecular weight excluding hydrogens is 420 g/mol. The SMILES string of the molecule is [N-]=[N+]=C(S(=O)(=O)CC=Cc1ccc(Cl)cc1)S(=O)(=O)CC=CC1CCCCC1. The van der Waals surface area contributed by atoms with E-state index >= 15 is 0 Å². The largest absolute Gasteiger partial charge is 0.495 e. The number of hydrogen-bond acceptors (Lipinski definition) is 4. The third kappa shape index (κ3) is 6.71. The van der Waals surface area contributed by atoms with E-state index in [0.717, 1.165) is 25.7 Å². The molecule has 9 heteroatoms. The summed E-state index contributed by atoms with van der Waals surface area (Å²) in [5.74, 6) is -0.791. The van der Waals surface area contributed by atoms with Gasteiger partial charge in [-0.05, 0) is 36.5 Å². The van der Waals surface area contributed by atoms with Crippen LogP contribution in [0.15, 0.2) is 42.5 Å². The van der Waals surface area contributed by atoms with Crippen molar-refractivity contribution in [1.82, 2.24) is 0 Å². The van der Waals surface area contributed by atoms with Crippen molar-refractivity contribution < 1.29 is 21.6 Å². The molecule has 0 bridgehead atoms. The molecule has 0 unspecified atom stereocenters. The summed E-state index contributed by atoms with van der Waals surface area (Å²) < 4.78 is 48.2. The fourth-order valence-corrected chi connectivity index (χ4v) is 6.38. The number of hydrogen-bond donors (Lipinski definition) is 0. The predicted octanol–water partition coefficient (Wildman–Crippen LogP) is 3.91. The Morgan fingerprint density at radius 2 is 1.57 bits per heavy atom. The highest BCUT2D eigenvalue weighted by molar-refractivity contribution is 8.31. The van der Waals surface area contributed by atoms with Gasteiger partial charge >= 0.3 is 4.38 Å². The first kappa shape index (κ1) is 22.6. The first-order chi connectivity index (χ1) is 13.2. The molecule has 0 aliphatic heterocycles. The Morgan fingerprint density at radius 1 is 1.00 bits per heavy atom. The summed E-state index contributed by atoms with van der Waals surface area (Å²) in [4.78, 5) is 2.59. The normalized spacial score (nSPS) is 16.5. The summed E-state index contributed by atoms with van der Waals surface area (Å²) in [5, 5.41) is 0.548. The van der Waals surface area contributed by atoms with Crippen LogP contribution in [0.2, 0.25) is 5.02 Å². The van der Waals surface area contributed by atoms with Crippen molar-refractivity contribution in [3.63, 3.8) is 0 Å². The van der Waals surface area contributed by atoms with Gasteiger partial charge in [0.1, 0.15) is 0 Å². The van der Waals surface area contributed by atoms with Gasteiger partial charge in [0.05, 0.1) is 11.5 Å². The summed E-state index contributed by atoms with van der Waals surface area (Å²) in [6.07, 6.45) is 11.5. The smallest absolute Gasteiger partial charge is 0.359 e. The van der Waals surface area contributed by atoms with Gasteiger partial charge in [-0.25, -0.2) is 16.8 Å². The number of allylic oxidation sites excluding steroid dienone is 1. The van der Waals surface area contributed by atoms with Crippen LogP contribution in [0.25, 0.3) is 11.6 Å². The maximum Gasteiger partial charge on any atom is 0.495 e. The van der Waals surface area contributed by atoms with Gasteiger partial charge in [0.15, 0.2) is 0 Å². The lowest BCUT2D eigenvalue weighted by Crippen LogP contribution is -2.29. The van der Waals surface area contributed by atoms with E-state index in [4.69, 9.17) is 17.1 Å². The summed E-state index contributed by atoms with van der Waals surface area (Å²) in [7, 11) is -8.56. The summed E-state index contributed by atoms with van der Waals surface area (Å²) in [5.41, 5.74) is 9.77. The quantitative estimate of drug-likeness (QED) is 0.219. The molecular formula is C19H23ClN2O4S2. The van der Waals surface area contributed by atoms with Gasteiger partial charge in [0, 0.05) is 5.02 Å². The number of rotatable bonds is 6. The van der Waals surface area contributed by atoms with Gasteiger partial charge in [0.25, 0.3) is 19.7 Å². The lowest BCUT2D eigenvalue weighted by molar-refractivity contribution is 0.00385. The molecule has 1 saturated carbocycles. The predicted molar refractivity (Wildman–Crippen MR) is 112 cm³/mol. The molecule has 1 fully saturated rings. The van der Waals surface area contributed by atoms with E-state index in [1.165, 1.54) is 24.6 Å². The molecule has 2 rings (SSSR count). The van der Waals surface area contributed by atoms with Crippen molar-refractivity contribution in [2.45, 2.75) is 32.1 Å². The average molecular weight is 443 g/mol. The standard InChI is InChI=1S/C19H23ClN2O4S2/c20-18-12-10-17(11-13-18)9-5-15-28(25,26)19(22-21)27(23,24)14-4-8-16-6-2-1-3-7-16/h4-5,8-13,16H,1-3,6-7,14-15H2. The van der Waals surface area contributed by atoms with E-state index in [0.29, 0.717) is 16.5 Å². The molecule has 1 aliphatic carbocycles. The van der Waals surface area contributed by atoms with Gasteiger partial charge in [-0.2, -0.15) is 0 Å². The Hall–Kier alpha value is -1.73. The van der Waals surface area contributed by atoms with E-state index in [-0.39, 0.29) is 0 Å². The molecule has 0 N–H and O–H groups in total. The monoisotopic (exact) mass is 442 g/mol. The fraction of sp³-hybridized carbons (Fsp3) is 0.421. The van der Waals surface area contributed by atoms with E-state index < -0.39 is 35.6 Å². The highest BCUT2D eigenvalue weighted by Crippen LogP contribution is 2.24. The number of sulfone groups is 2. The summed E-state index contributed by atoms with van der Waals surface area (Å²) in [6.45, 7) is 0. The Labute approximate surface area is 171 Å². The van der Waals surface area contributed by atoms with E-state index in [1.807, 2.05) is 6.08 Å². The first-order valence-corrected chi connectivity index (χ1v) is 12.7. The molecule has 0 atom stereocenters. The molecule has 1 aliphatic rings. The molecule has 152 valence electrons. The van der Waals surface area contributed by atoms with Gasteiger partial charge in [-0.15, -0.1) is 4.79 Å². The molecule has 6 nitrogen and oxygen atoms in total. The molecule has 28 heavy (non-hydrogen) atoms. The molecule has 0 saturated heterocycles. The number of halogens is 1. The Balaban J connectivity index is 2.05. The molecule has 0 aromatic heterocycles. The third-order valence-corrected chi connectivity index (χ3v) is 8.75. The Kier molecular flexibility index (Phi) is 8.19. The highest BCUT2D eigenvalue weighted by Gasteiger charge is 2.39. The van der Waals surface area contributed by atoms with Crippen LogP contribution < -0.4 is 0 Å². The van der Waals surface area contributed by atoms with Crippen LogP contribution in [0.1, 0.15) is 37.7 Å². The second kappa shape index (κ2) is 10.2. The zero-order valence-corrected chi connectivity index (χ0v) is 17.8. The molecule has 0 amide bonds. The van der Waals surface area contributed by atoms with Crippen LogP contribution in [0.5, 0.6) is 0 Å². The minimum Gasteiger partial charge on any atom is -0.359 e. The zero-order valence-electron chi connectivity index (χ0n) is 15.4. The van der Waals surface area contributed by atoms with Crippen LogP contribution in [0, 0.1) is 5.92 Å². The fourth-order valence-electron chi connectivity index (χ4n) is 3.05. The van der Waals surface area contributed by atoms with Crippen molar-refractivity contribution in [3.8, 4) is 0 Å². The van der Waals surface area contributed by atoms with Crippen LogP contribution in [-0.2, 0) is 19.7 Å². The average Bonchev–Trinajstić information content (AvgIpc) is 2.64. The highest BCUT2D eigenvalue weighted by atomic mass is 35.5. The minimum absolute atomic E-state index is 0.317. The van der Waals surface area contributed by atoms with Crippen molar-refractivity contribution in [2.75, 3.05) is 11.5 Å². The second-order valence-corrected chi connectivity index (χ2v) is 11.3. The van der Waals surface area contributed by atoms with Gasteiger partial charge < -0.3 is 5.53 Å². The third-order valence-electron chi connectivity index (χ3n) is 4.48. The van der Waals surface area contributed by atoms with E-state index in [2.05, 4.69) is 4.79 Å². The van der Waals surface area contributed by atoms with Crippen LogP contribution in [0.4, 0.5) is 0 Å². The van der Waals surface area contributed by atoms with Crippen molar-refractivity contribution >= 4 is 41.7 Å². The number of nitrogens with zero attached hydrogens (tertiary/aromatic N) is 2. The van der Waals surface area contributed by atoms with Crippen molar-refractivity contribution in [1.29, 1.82) is 0 Å². The van der Waals surface area contributed by atoms with Crippen LogP contribution in [0.3, 0.4) is 0 Å². The molecule has 0 heterocycles. The zero-order chi connectivity index (χ0) is 20.6.